The van der Waals surface area contributed by atoms with E-state index in [1.54, 1.807) is 0 Å². The van der Waals surface area contributed by atoms with Gasteiger partial charge in [-0.05, 0) is 36.8 Å². The number of aryl methyl sites for hydroxylation is 1. The van der Waals surface area contributed by atoms with Crippen LogP contribution in [0.3, 0.4) is 0 Å². The Morgan fingerprint density at radius 1 is 0.783 bits per heavy atom. The molecular formula is C21H26O2. The van der Waals surface area contributed by atoms with Gasteiger partial charge in [0, 0.05) is 0 Å². The van der Waals surface area contributed by atoms with E-state index in [0.717, 1.165) is 18.4 Å². The van der Waals surface area contributed by atoms with Gasteiger partial charge in [-0.15, -0.1) is 0 Å². The minimum Gasteiger partial charge on any atom is -0.460 e. The summed E-state index contributed by atoms with van der Waals surface area (Å²) < 4.78 is 5.23. The number of carbonyl (C=O) groups excluding carboxylic acids is 1. The molecule has 122 valence electrons. The maximum atomic E-state index is 10.7. The summed E-state index contributed by atoms with van der Waals surface area (Å²) in [5, 5.41) is 0. The van der Waals surface area contributed by atoms with Crippen molar-refractivity contribution in [2.45, 2.75) is 51.0 Å². The number of hydrogen-bond donors (Lipinski definition) is 0. The molecule has 0 aliphatic carbocycles. The van der Waals surface area contributed by atoms with E-state index in [2.05, 4.69) is 30.3 Å². The molecule has 0 amide bonds. The maximum Gasteiger partial charge on any atom is 0.293 e. The highest BCUT2D eigenvalue weighted by molar-refractivity contribution is 5.38. The molecule has 2 heteroatoms. The van der Waals surface area contributed by atoms with E-state index in [-0.39, 0.29) is 6.10 Å². The first-order valence-corrected chi connectivity index (χ1v) is 8.58. The van der Waals surface area contributed by atoms with Crippen LogP contribution in [0, 0.1) is 0 Å². The van der Waals surface area contributed by atoms with E-state index in [1.165, 1.54) is 37.7 Å². The van der Waals surface area contributed by atoms with Crippen molar-refractivity contribution in [2.24, 2.45) is 0 Å². The van der Waals surface area contributed by atoms with Crippen LogP contribution < -0.4 is 0 Å². The molecule has 0 saturated carbocycles. The second-order valence-electron chi connectivity index (χ2n) is 5.92. The number of ether oxygens (including phenoxy) is 1. The van der Waals surface area contributed by atoms with Crippen molar-refractivity contribution in [3.05, 3.63) is 71.8 Å². The van der Waals surface area contributed by atoms with E-state index in [1.807, 2.05) is 30.3 Å². The standard InChI is InChI=1S/C21H26O2/c22-18-23-21(20-15-9-5-10-16-20)17-11-3-1-2-6-12-19-13-7-4-8-14-19/h4-5,7-10,13-16,18,21H,1-3,6,11-12,17H2. The minimum absolute atomic E-state index is 0.0991. The Hall–Kier alpha value is -2.09. The lowest BCUT2D eigenvalue weighted by Gasteiger charge is -2.15. The van der Waals surface area contributed by atoms with Crippen molar-refractivity contribution >= 4 is 6.47 Å². The lowest BCUT2D eigenvalue weighted by molar-refractivity contribution is -0.134. The molecule has 0 spiro atoms. The molecule has 2 aromatic carbocycles. The topological polar surface area (TPSA) is 26.3 Å². The molecule has 0 aromatic heterocycles. The second kappa shape index (κ2) is 10.6. The monoisotopic (exact) mass is 310 g/mol. The lowest BCUT2D eigenvalue weighted by Crippen LogP contribution is -2.03. The number of benzene rings is 2. The number of rotatable bonds is 11. The first kappa shape index (κ1) is 17.3. The number of unbranched alkanes of at least 4 members (excludes halogenated alkanes) is 4. The highest BCUT2D eigenvalue weighted by atomic mass is 16.5. The third-order valence-corrected chi connectivity index (χ3v) is 4.17. The molecule has 2 rings (SSSR count). The number of carbonyl (C=O) groups is 1. The Bertz CT molecular complexity index is 536. The molecule has 2 nitrogen and oxygen atoms in total. The van der Waals surface area contributed by atoms with Crippen molar-refractivity contribution in [1.82, 2.24) is 0 Å². The predicted molar refractivity (Wildman–Crippen MR) is 94.2 cm³/mol. The molecule has 0 fully saturated rings. The van der Waals surface area contributed by atoms with Gasteiger partial charge in [0.05, 0.1) is 0 Å². The van der Waals surface area contributed by atoms with E-state index in [0.29, 0.717) is 6.47 Å². The molecule has 0 aliphatic rings. The molecule has 0 N–H and O–H groups in total. The summed E-state index contributed by atoms with van der Waals surface area (Å²) in [5.41, 5.74) is 2.51. The quantitative estimate of drug-likeness (QED) is 0.405. The van der Waals surface area contributed by atoms with Crippen LogP contribution in [-0.4, -0.2) is 6.47 Å². The van der Waals surface area contributed by atoms with Crippen LogP contribution in [0.15, 0.2) is 60.7 Å². The smallest absolute Gasteiger partial charge is 0.293 e. The van der Waals surface area contributed by atoms with Gasteiger partial charge in [-0.25, -0.2) is 0 Å². The summed E-state index contributed by atoms with van der Waals surface area (Å²) in [5.74, 6) is 0. The zero-order chi connectivity index (χ0) is 16.2. The van der Waals surface area contributed by atoms with Gasteiger partial charge in [0.15, 0.2) is 0 Å². The van der Waals surface area contributed by atoms with Gasteiger partial charge in [-0.2, -0.15) is 0 Å². The summed E-state index contributed by atoms with van der Waals surface area (Å²) in [6.45, 7) is 0.567. The average molecular weight is 310 g/mol. The van der Waals surface area contributed by atoms with Crippen molar-refractivity contribution in [1.29, 1.82) is 0 Å². The van der Waals surface area contributed by atoms with E-state index >= 15 is 0 Å². The fourth-order valence-corrected chi connectivity index (χ4v) is 2.88. The highest BCUT2D eigenvalue weighted by Crippen LogP contribution is 2.23. The molecule has 23 heavy (non-hydrogen) atoms. The summed E-state index contributed by atoms with van der Waals surface area (Å²) in [7, 11) is 0. The predicted octanol–water partition coefficient (Wildman–Crippen LogP) is 5.48. The summed E-state index contributed by atoms with van der Waals surface area (Å²) in [6, 6.07) is 20.7. The third-order valence-electron chi connectivity index (χ3n) is 4.17. The van der Waals surface area contributed by atoms with Gasteiger partial charge < -0.3 is 4.74 Å². The van der Waals surface area contributed by atoms with Crippen molar-refractivity contribution in [3.63, 3.8) is 0 Å². The first-order valence-electron chi connectivity index (χ1n) is 8.58. The van der Waals surface area contributed by atoms with Crippen LogP contribution in [0.4, 0.5) is 0 Å². The minimum atomic E-state index is -0.0991. The van der Waals surface area contributed by atoms with Gasteiger partial charge >= 0.3 is 0 Å². The summed E-state index contributed by atoms with van der Waals surface area (Å²) in [4.78, 5) is 10.7. The van der Waals surface area contributed by atoms with E-state index in [9.17, 15) is 4.79 Å². The highest BCUT2D eigenvalue weighted by Gasteiger charge is 2.11. The lowest BCUT2D eigenvalue weighted by atomic mass is 10.0. The molecule has 1 atom stereocenters. The Balaban J connectivity index is 1.59. The fraction of sp³-hybridized carbons (Fsp3) is 0.381. The second-order valence-corrected chi connectivity index (χ2v) is 5.92. The van der Waals surface area contributed by atoms with Crippen LogP contribution >= 0.6 is 0 Å². The molecule has 0 heterocycles. The van der Waals surface area contributed by atoms with Crippen molar-refractivity contribution in [3.8, 4) is 0 Å². The van der Waals surface area contributed by atoms with Gasteiger partial charge in [-0.1, -0.05) is 79.9 Å². The average Bonchev–Trinajstić information content (AvgIpc) is 2.61. The Kier molecular flexibility index (Phi) is 7.96. The molecule has 0 aliphatic heterocycles. The third kappa shape index (κ3) is 6.68. The van der Waals surface area contributed by atoms with Crippen LogP contribution in [0.5, 0.6) is 0 Å². The Morgan fingerprint density at radius 2 is 1.39 bits per heavy atom. The molecule has 0 bridgehead atoms. The Labute approximate surface area is 139 Å². The maximum absolute atomic E-state index is 10.7. The van der Waals surface area contributed by atoms with Gasteiger partial charge in [0.2, 0.25) is 0 Å². The normalized spacial score (nSPS) is 11.8. The van der Waals surface area contributed by atoms with Crippen molar-refractivity contribution < 1.29 is 9.53 Å². The van der Waals surface area contributed by atoms with Crippen LogP contribution in [0.1, 0.15) is 55.8 Å². The van der Waals surface area contributed by atoms with Gasteiger partial charge in [0.1, 0.15) is 6.10 Å². The van der Waals surface area contributed by atoms with Crippen LogP contribution in [0.25, 0.3) is 0 Å². The molecule has 2 aromatic rings. The zero-order valence-electron chi connectivity index (χ0n) is 13.7. The van der Waals surface area contributed by atoms with Crippen LogP contribution in [0.2, 0.25) is 0 Å². The van der Waals surface area contributed by atoms with Gasteiger partial charge in [0.25, 0.3) is 6.47 Å². The Morgan fingerprint density at radius 3 is 2.09 bits per heavy atom. The van der Waals surface area contributed by atoms with Crippen molar-refractivity contribution in [2.75, 3.05) is 0 Å². The molecule has 1 unspecified atom stereocenters. The fourth-order valence-electron chi connectivity index (χ4n) is 2.88. The molecular weight excluding hydrogens is 284 g/mol. The molecule has 0 radical (unpaired) electrons. The van der Waals surface area contributed by atoms with Gasteiger partial charge in [-0.3, -0.25) is 4.79 Å². The van der Waals surface area contributed by atoms with E-state index in [4.69, 9.17) is 4.74 Å². The van der Waals surface area contributed by atoms with E-state index < -0.39 is 0 Å². The number of hydrogen-bond acceptors (Lipinski definition) is 2. The summed E-state index contributed by atoms with van der Waals surface area (Å²) in [6.07, 6.45) is 8.02. The zero-order valence-corrected chi connectivity index (χ0v) is 13.7. The summed E-state index contributed by atoms with van der Waals surface area (Å²) >= 11 is 0. The van der Waals surface area contributed by atoms with Crippen LogP contribution in [-0.2, 0) is 16.0 Å². The SMILES string of the molecule is O=COC(CCCCCCCc1ccccc1)c1ccccc1. The first-order chi connectivity index (χ1) is 11.4. The molecule has 0 saturated heterocycles. The largest absolute Gasteiger partial charge is 0.460 e.